The molecule has 1 aromatic carbocycles. The smallest absolute Gasteiger partial charge is 0.277 e. The van der Waals surface area contributed by atoms with Crippen LogP contribution in [0, 0.1) is 0 Å². The molecule has 4 rings (SSSR count). The Morgan fingerprint density at radius 1 is 1.28 bits per heavy atom. The number of anilines is 1. The van der Waals surface area contributed by atoms with E-state index >= 15 is 0 Å². The molecule has 7 nitrogen and oxygen atoms in total. The average Bonchev–Trinajstić information content (AvgIpc) is 3.19. The highest BCUT2D eigenvalue weighted by Crippen LogP contribution is 2.31. The molecule has 0 radical (unpaired) electrons. The number of nitrogens with two attached hydrogens (primary N) is 1. The van der Waals surface area contributed by atoms with Crippen LogP contribution in [-0.4, -0.2) is 40.0 Å². The first-order valence-electron chi connectivity index (χ1n) is 9.73. The van der Waals surface area contributed by atoms with E-state index in [0.717, 1.165) is 48.4 Å². The molecule has 1 saturated heterocycles. The molecule has 3 heterocycles. The minimum atomic E-state index is -0.187. The normalized spacial score (nSPS) is 14.3. The van der Waals surface area contributed by atoms with Crippen molar-refractivity contribution >= 4 is 34.0 Å². The Hall–Kier alpha value is -2.84. The van der Waals surface area contributed by atoms with Gasteiger partial charge in [-0.25, -0.2) is 4.98 Å². The number of carbonyl (C=O) groups excluding carboxylic acids is 1. The molecule has 1 aliphatic rings. The van der Waals surface area contributed by atoms with Crippen LogP contribution in [0.5, 0.6) is 0 Å². The average molecular weight is 410 g/mol. The van der Waals surface area contributed by atoms with Gasteiger partial charge in [0, 0.05) is 31.1 Å². The third-order valence-corrected chi connectivity index (χ3v) is 6.10. The van der Waals surface area contributed by atoms with E-state index in [1.165, 1.54) is 22.3 Å². The number of piperidine rings is 1. The maximum Gasteiger partial charge on any atom is 0.277 e. The summed E-state index contributed by atoms with van der Waals surface area (Å²) in [6.45, 7) is 5.75. The molecule has 1 aliphatic heterocycles. The van der Waals surface area contributed by atoms with Crippen molar-refractivity contribution in [1.29, 1.82) is 0 Å². The predicted molar refractivity (Wildman–Crippen MR) is 116 cm³/mol. The highest BCUT2D eigenvalue weighted by Gasteiger charge is 2.18. The molecule has 0 atom stereocenters. The number of benzene rings is 1. The fourth-order valence-electron chi connectivity index (χ4n) is 3.67. The van der Waals surface area contributed by atoms with E-state index in [1.54, 1.807) is 12.1 Å². The number of ketones is 1. The van der Waals surface area contributed by atoms with Crippen LogP contribution >= 0.6 is 11.3 Å². The van der Waals surface area contributed by atoms with Gasteiger partial charge in [0.2, 0.25) is 4.96 Å². The van der Waals surface area contributed by atoms with Crippen LogP contribution in [0.4, 0.5) is 5.82 Å². The van der Waals surface area contributed by atoms with E-state index < -0.39 is 0 Å². The van der Waals surface area contributed by atoms with Crippen LogP contribution in [0.1, 0.15) is 30.4 Å². The lowest BCUT2D eigenvalue weighted by atomic mass is 9.97. The van der Waals surface area contributed by atoms with E-state index in [-0.39, 0.29) is 24.3 Å². The summed E-state index contributed by atoms with van der Waals surface area (Å²) in [5, 5.41) is 5.17. The Balaban J connectivity index is 1.78. The number of aromatic nitrogens is 3. The zero-order valence-electron chi connectivity index (χ0n) is 16.1. The highest BCUT2D eigenvalue weighted by atomic mass is 32.1. The Bertz CT molecular complexity index is 1130. The van der Waals surface area contributed by atoms with Crippen molar-refractivity contribution in [3.05, 3.63) is 52.3 Å². The predicted octanol–water partition coefficient (Wildman–Crippen LogP) is 2.52. The van der Waals surface area contributed by atoms with E-state index in [4.69, 9.17) is 10.7 Å². The molecule has 8 heteroatoms. The van der Waals surface area contributed by atoms with Crippen LogP contribution in [0.25, 0.3) is 21.6 Å². The van der Waals surface area contributed by atoms with Crippen LogP contribution in [0.15, 0.2) is 35.6 Å². The Labute approximate surface area is 172 Å². The van der Waals surface area contributed by atoms with Crippen molar-refractivity contribution in [2.24, 2.45) is 5.73 Å². The number of hydrogen-bond acceptors (Lipinski definition) is 7. The number of carbonyl (C=O) groups is 1. The Kier molecular flexibility index (Phi) is 5.55. The third kappa shape index (κ3) is 3.86. The number of fused-ring (bicyclic) bond motifs is 1. The van der Waals surface area contributed by atoms with Crippen molar-refractivity contribution in [3.63, 3.8) is 0 Å². The van der Waals surface area contributed by atoms with Crippen molar-refractivity contribution in [3.8, 4) is 10.6 Å². The van der Waals surface area contributed by atoms with Gasteiger partial charge in [0.25, 0.3) is 5.56 Å². The van der Waals surface area contributed by atoms with Crippen LogP contribution in [0.3, 0.4) is 0 Å². The second-order valence-electron chi connectivity index (χ2n) is 7.10. The lowest BCUT2D eigenvalue weighted by Crippen LogP contribution is -2.31. The van der Waals surface area contributed by atoms with Gasteiger partial charge in [0.1, 0.15) is 10.8 Å². The molecular formula is C21H23N5O2S. The van der Waals surface area contributed by atoms with E-state index in [2.05, 4.69) is 16.6 Å². The van der Waals surface area contributed by atoms with Gasteiger partial charge in [0.15, 0.2) is 5.78 Å². The van der Waals surface area contributed by atoms with Gasteiger partial charge in [-0.2, -0.15) is 9.61 Å². The van der Waals surface area contributed by atoms with Crippen molar-refractivity contribution in [2.45, 2.75) is 25.7 Å². The lowest BCUT2D eigenvalue weighted by Gasteiger charge is -2.27. The molecule has 0 bridgehead atoms. The van der Waals surface area contributed by atoms with Gasteiger partial charge < -0.3 is 10.6 Å². The van der Waals surface area contributed by atoms with Gasteiger partial charge in [0.05, 0.1) is 6.54 Å². The fourth-order valence-corrected chi connectivity index (χ4v) is 4.61. The van der Waals surface area contributed by atoms with Gasteiger partial charge >= 0.3 is 0 Å². The van der Waals surface area contributed by atoms with Gasteiger partial charge in [-0.3, -0.25) is 9.59 Å². The SMILES string of the molecule is C=Cc1c(CC(=O)CN)cccc1-c1nn2c(=O)cc(N3CCCCC3)nc2s1. The summed E-state index contributed by atoms with van der Waals surface area (Å²) in [5.74, 6) is 0.676. The number of nitrogens with zero attached hydrogens (tertiary/aromatic N) is 4. The first-order valence-corrected chi connectivity index (χ1v) is 10.5. The molecule has 150 valence electrons. The Morgan fingerprint density at radius 2 is 2.07 bits per heavy atom. The topological polar surface area (TPSA) is 93.6 Å². The minimum Gasteiger partial charge on any atom is -0.356 e. The number of Topliss-reactive ketones (excluding diaryl/α,β-unsaturated/α-hetero) is 1. The summed E-state index contributed by atoms with van der Waals surface area (Å²) in [4.78, 5) is 31.9. The van der Waals surface area contributed by atoms with Crippen molar-refractivity contribution in [2.75, 3.05) is 24.5 Å². The van der Waals surface area contributed by atoms with E-state index in [1.807, 2.05) is 18.2 Å². The summed E-state index contributed by atoms with van der Waals surface area (Å²) in [5.41, 5.74) is 7.79. The summed E-state index contributed by atoms with van der Waals surface area (Å²) in [7, 11) is 0. The van der Waals surface area contributed by atoms with Crippen molar-refractivity contribution in [1.82, 2.24) is 14.6 Å². The highest BCUT2D eigenvalue weighted by molar-refractivity contribution is 7.19. The summed E-state index contributed by atoms with van der Waals surface area (Å²) >= 11 is 1.36. The fraction of sp³-hybridized carbons (Fsp3) is 0.333. The molecule has 29 heavy (non-hydrogen) atoms. The van der Waals surface area contributed by atoms with Crippen molar-refractivity contribution < 1.29 is 4.79 Å². The zero-order chi connectivity index (χ0) is 20.4. The number of hydrogen-bond donors (Lipinski definition) is 1. The second kappa shape index (κ2) is 8.26. The second-order valence-corrected chi connectivity index (χ2v) is 8.06. The maximum absolute atomic E-state index is 12.7. The minimum absolute atomic E-state index is 0.000534. The molecule has 0 saturated carbocycles. The summed E-state index contributed by atoms with van der Waals surface area (Å²) in [6.07, 6.45) is 5.41. The molecule has 2 N–H and O–H groups in total. The lowest BCUT2D eigenvalue weighted by molar-refractivity contribution is -0.117. The molecule has 2 aromatic heterocycles. The largest absolute Gasteiger partial charge is 0.356 e. The zero-order valence-corrected chi connectivity index (χ0v) is 17.0. The van der Waals surface area contributed by atoms with Crippen LogP contribution in [-0.2, 0) is 11.2 Å². The molecule has 0 spiro atoms. The molecule has 3 aromatic rings. The van der Waals surface area contributed by atoms with Gasteiger partial charge in [-0.15, -0.1) is 0 Å². The Morgan fingerprint density at radius 3 is 2.79 bits per heavy atom. The molecule has 1 fully saturated rings. The van der Waals surface area contributed by atoms with Gasteiger partial charge in [-0.1, -0.05) is 42.2 Å². The molecule has 0 amide bonds. The summed E-state index contributed by atoms with van der Waals surface area (Å²) in [6, 6.07) is 7.25. The first-order chi connectivity index (χ1) is 14.1. The monoisotopic (exact) mass is 409 g/mol. The van der Waals surface area contributed by atoms with Crippen LogP contribution < -0.4 is 16.2 Å². The first kappa shape index (κ1) is 19.5. The maximum atomic E-state index is 12.7. The van der Waals surface area contributed by atoms with E-state index in [9.17, 15) is 9.59 Å². The standard InChI is InChI=1S/C21H23N5O2S/c1-2-16-14(11-15(27)13-22)7-6-8-17(16)20-24-26-19(28)12-18(23-21(26)29-20)25-9-4-3-5-10-25/h2,6-8,12H,1,3-5,9-11,13,22H2. The molecule has 0 aliphatic carbocycles. The molecule has 0 unspecified atom stereocenters. The quantitative estimate of drug-likeness (QED) is 0.672. The molecular weight excluding hydrogens is 386 g/mol. The third-order valence-electron chi connectivity index (χ3n) is 5.16. The number of rotatable bonds is 6. The van der Waals surface area contributed by atoms with Gasteiger partial charge in [-0.05, 0) is 30.4 Å². The van der Waals surface area contributed by atoms with E-state index in [0.29, 0.717) is 9.97 Å². The van der Waals surface area contributed by atoms with Crippen LogP contribution in [0.2, 0.25) is 0 Å². The summed E-state index contributed by atoms with van der Waals surface area (Å²) < 4.78 is 1.35.